The van der Waals surface area contributed by atoms with Crippen molar-refractivity contribution in [2.45, 2.75) is 31.0 Å². The second kappa shape index (κ2) is 6.07. The molecule has 0 radical (unpaired) electrons. The zero-order valence-corrected chi connectivity index (χ0v) is 13.1. The Balaban J connectivity index is 1.57. The Hall–Kier alpha value is -1.53. The lowest BCUT2D eigenvalue weighted by Gasteiger charge is -2.08. The van der Waals surface area contributed by atoms with Crippen LogP contribution in [0.15, 0.2) is 29.7 Å². The fourth-order valence-corrected chi connectivity index (χ4v) is 3.03. The van der Waals surface area contributed by atoms with E-state index in [1.807, 2.05) is 23.6 Å². The molecule has 7 heteroatoms. The summed E-state index contributed by atoms with van der Waals surface area (Å²) in [6, 6.07) is 5.92. The first-order valence-corrected chi connectivity index (χ1v) is 8.08. The Morgan fingerprint density at radius 3 is 3.05 bits per heavy atom. The van der Waals surface area contributed by atoms with Crippen molar-refractivity contribution in [1.82, 2.24) is 14.8 Å². The van der Waals surface area contributed by atoms with Crippen molar-refractivity contribution in [3.8, 4) is 0 Å². The van der Waals surface area contributed by atoms with Crippen molar-refractivity contribution in [1.29, 1.82) is 0 Å². The molecule has 0 aliphatic heterocycles. The van der Waals surface area contributed by atoms with Gasteiger partial charge >= 0.3 is 0 Å². The van der Waals surface area contributed by atoms with Crippen molar-refractivity contribution in [3.05, 3.63) is 35.1 Å². The molecule has 110 valence electrons. The van der Waals surface area contributed by atoms with E-state index in [-0.39, 0.29) is 5.91 Å². The minimum absolute atomic E-state index is 0.0595. The summed E-state index contributed by atoms with van der Waals surface area (Å²) in [4.78, 5) is 12.0. The van der Waals surface area contributed by atoms with Crippen molar-refractivity contribution in [2.75, 3.05) is 11.1 Å². The number of benzene rings is 1. The smallest absolute Gasteiger partial charge is 0.234 e. The molecule has 1 N–H and O–H groups in total. The van der Waals surface area contributed by atoms with E-state index in [0.29, 0.717) is 16.8 Å². The second-order valence-electron chi connectivity index (χ2n) is 5.05. The Morgan fingerprint density at radius 2 is 2.33 bits per heavy atom. The van der Waals surface area contributed by atoms with Crippen LogP contribution in [0.3, 0.4) is 0 Å². The minimum Gasteiger partial charge on any atom is -0.325 e. The molecule has 0 atom stereocenters. The fraction of sp³-hybridized carbons (Fsp3) is 0.357. The van der Waals surface area contributed by atoms with Crippen LogP contribution >= 0.6 is 23.4 Å². The number of anilines is 1. The Bertz CT molecular complexity index is 669. The number of halogens is 1. The summed E-state index contributed by atoms with van der Waals surface area (Å²) in [6.07, 6.45) is 4.07. The van der Waals surface area contributed by atoms with E-state index >= 15 is 0 Å². The third-order valence-corrected chi connectivity index (χ3v) is 4.47. The summed E-state index contributed by atoms with van der Waals surface area (Å²) in [7, 11) is 0. The molecule has 1 aromatic carbocycles. The van der Waals surface area contributed by atoms with E-state index in [2.05, 4.69) is 15.5 Å². The van der Waals surface area contributed by atoms with Crippen LogP contribution in [-0.2, 0) is 4.79 Å². The molecule has 5 nitrogen and oxygen atoms in total. The van der Waals surface area contributed by atoms with Gasteiger partial charge in [-0.15, -0.1) is 10.2 Å². The van der Waals surface area contributed by atoms with E-state index in [0.717, 1.165) is 16.4 Å². The molecule has 1 aromatic heterocycles. The molecule has 1 aliphatic carbocycles. The van der Waals surface area contributed by atoms with Crippen LogP contribution in [0, 0.1) is 6.92 Å². The number of nitrogens with one attached hydrogen (secondary N) is 1. The van der Waals surface area contributed by atoms with E-state index < -0.39 is 0 Å². The number of carbonyl (C=O) groups excluding carboxylic acids is 1. The average Bonchev–Trinajstić information content (AvgIpc) is 3.18. The van der Waals surface area contributed by atoms with Crippen LogP contribution in [0.2, 0.25) is 5.02 Å². The number of aromatic nitrogens is 3. The number of carbonyl (C=O) groups is 1. The van der Waals surface area contributed by atoms with Gasteiger partial charge in [-0.2, -0.15) is 0 Å². The highest BCUT2D eigenvalue weighted by Gasteiger charge is 2.26. The van der Waals surface area contributed by atoms with Crippen LogP contribution in [-0.4, -0.2) is 26.4 Å². The SMILES string of the molecule is Cc1cc(Cl)ccc1NC(=O)CSc1nncn1C1CC1. The number of hydrogen-bond donors (Lipinski definition) is 1. The van der Waals surface area contributed by atoms with E-state index in [9.17, 15) is 4.79 Å². The van der Waals surface area contributed by atoms with E-state index in [1.54, 1.807) is 12.4 Å². The van der Waals surface area contributed by atoms with Crippen molar-refractivity contribution < 1.29 is 4.79 Å². The van der Waals surface area contributed by atoms with E-state index in [1.165, 1.54) is 24.6 Å². The summed E-state index contributed by atoms with van der Waals surface area (Å²) in [5.74, 6) is 0.254. The monoisotopic (exact) mass is 322 g/mol. The lowest BCUT2D eigenvalue weighted by molar-refractivity contribution is -0.113. The standard InChI is InChI=1S/C14H15ClN4OS/c1-9-6-10(15)2-5-12(9)17-13(20)7-21-14-18-16-8-19(14)11-3-4-11/h2,5-6,8,11H,3-4,7H2,1H3,(H,17,20). The maximum atomic E-state index is 12.0. The molecular weight excluding hydrogens is 308 g/mol. The molecule has 0 saturated heterocycles. The summed E-state index contributed by atoms with van der Waals surface area (Å²) in [5.41, 5.74) is 1.73. The fourth-order valence-electron chi connectivity index (χ4n) is 2.02. The molecule has 0 spiro atoms. The number of thioether (sulfide) groups is 1. The molecule has 1 heterocycles. The molecule has 0 bridgehead atoms. The maximum Gasteiger partial charge on any atom is 0.234 e. The van der Waals surface area contributed by atoms with E-state index in [4.69, 9.17) is 11.6 Å². The lowest BCUT2D eigenvalue weighted by Crippen LogP contribution is -2.15. The van der Waals surface area contributed by atoms with Gasteiger partial charge in [-0.1, -0.05) is 23.4 Å². The Morgan fingerprint density at radius 1 is 1.52 bits per heavy atom. The van der Waals surface area contributed by atoms with Crippen LogP contribution < -0.4 is 5.32 Å². The maximum absolute atomic E-state index is 12.0. The molecule has 1 saturated carbocycles. The topological polar surface area (TPSA) is 59.8 Å². The molecular formula is C14H15ClN4OS. The molecule has 0 unspecified atom stereocenters. The van der Waals surface area contributed by atoms with Gasteiger partial charge in [-0.3, -0.25) is 4.79 Å². The number of rotatable bonds is 5. The second-order valence-corrected chi connectivity index (χ2v) is 6.43. The van der Waals surface area contributed by atoms with Gasteiger partial charge in [0.1, 0.15) is 6.33 Å². The van der Waals surface area contributed by atoms with Gasteiger partial charge in [0.25, 0.3) is 0 Å². The largest absolute Gasteiger partial charge is 0.325 e. The predicted molar refractivity (Wildman–Crippen MR) is 83.8 cm³/mol. The van der Waals surface area contributed by atoms with Crippen LogP contribution in [0.25, 0.3) is 0 Å². The molecule has 3 rings (SSSR count). The van der Waals surface area contributed by atoms with Crippen LogP contribution in [0.1, 0.15) is 24.4 Å². The third-order valence-electron chi connectivity index (χ3n) is 3.28. The summed E-state index contributed by atoms with van der Waals surface area (Å²) < 4.78 is 2.05. The number of amides is 1. The highest BCUT2D eigenvalue weighted by Crippen LogP contribution is 2.37. The Kier molecular flexibility index (Phi) is 4.17. The summed E-state index contributed by atoms with van der Waals surface area (Å²) in [5, 5.41) is 12.3. The first-order valence-electron chi connectivity index (χ1n) is 6.72. The lowest BCUT2D eigenvalue weighted by atomic mass is 10.2. The zero-order valence-electron chi connectivity index (χ0n) is 11.5. The van der Waals surface area contributed by atoms with Gasteiger partial charge in [-0.25, -0.2) is 0 Å². The molecule has 1 amide bonds. The third kappa shape index (κ3) is 3.57. The molecule has 21 heavy (non-hydrogen) atoms. The van der Waals surface area contributed by atoms with Gasteiger partial charge in [0.15, 0.2) is 5.16 Å². The highest BCUT2D eigenvalue weighted by atomic mass is 35.5. The highest BCUT2D eigenvalue weighted by molar-refractivity contribution is 7.99. The average molecular weight is 323 g/mol. The Labute approximate surface area is 132 Å². The first-order chi connectivity index (χ1) is 10.1. The number of aryl methyl sites for hydroxylation is 1. The number of nitrogens with zero attached hydrogens (tertiary/aromatic N) is 3. The molecule has 1 aliphatic rings. The molecule has 2 aromatic rings. The normalized spacial score (nSPS) is 14.2. The zero-order chi connectivity index (χ0) is 14.8. The van der Waals surface area contributed by atoms with Gasteiger partial charge < -0.3 is 9.88 Å². The van der Waals surface area contributed by atoms with Gasteiger partial charge in [0.2, 0.25) is 5.91 Å². The van der Waals surface area contributed by atoms with Gasteiger partial charge in [0.05, 0.1) is 5.75 Å². The predicted octanol–water partition coefficient (Wildman–Crippen LogP) is 3.31. The van der Waals surface area contributed by atoms with Gasteiger partial charge in [-0.05, 0) is 43.5 Å². The molecule has 1 fully saturated rings. The quantitative estimate of drug-likeness (QED) is 0.858. The van der Waals surface area contributed by atoms with Gasteiger partial charge in [0, 0.05) is 16.8 Å². The van der Waals surface area contributed by atoms with Crippen molar-refractivity contribution >= 4 is 35.0 Å². The number of hydrogen-bond acceptors (Lipinski definition) is 4. The summed E-state index contributed by atoms with van der Waals surface area (Å²) >= 11 is 7.31. The van der Waals surface area contributed by atoms with Crippen molar-refractivity contribution in [2.24, 2.45) is 0 Å². The van der Waals surface area contributed by atoms with Crippen LogP contribution in [0.4, 0.5) is 5.69 Å². The van der Waals surface area contributed by atoms with Crippen molar-refractivity contribution in [3.63, 3.8) is 0 Å². The summed E-state index contributed by atoms with van der Waals surface area (Å²) in [6.45, 7) is 1.92. The minimum atomic E-state index is -0.0595. The van der Waals surface area contributed by atoms with Crippen LogP contribution in [0.5, 0.6) is 0 Å². The first kappa shape index (κ1) is 14.4.